The van der Waals surface area contributed by atoms with Crippen LogP contribution >= 0.6 is 0 Å². The Hall–Kier alpha value is -1.32. The van der Waals surface area contributed by atoms with Crippen LogP contribution in [-0.4, -0.2) is 22.7 Å². The van der Waals surface area contributed by atoms with Gasteiger partial charge in [-0.05, 0) is 6.07 Å². The largest absolute Gasteiger partial charge is 0.354 e. The lowest BCUT2D eigenvalue weighted by molar-refractivity contribution is 0.0954. The minimum Gasteiger partial charge on any atom is -0.354 e. The van der Waals surface area contributed by atoms with E-state index in [0.717, 1.165) is 0 Å². The predicted molar refractivity (Wildman–Crippen MR) is 47.9 cm³/mol. The Balaban J connectivity index is 0.000000561. The summed E-state index contributed by atoms with van der Waals surface area (Å²) < 4.78 is 1.53. The number of carbonyl (C=O) groups excluding carboxylic acids is 1. The van der Waals surface area contributed by atoms with E-state index in [0.29, 0.717) is 5.69 Å². The summed E-state index contributed by atoms with van der Waals surface area (Å²) in [6.07, 6.45) is 1.59. The molecule has 4 nitrogen and oxygen atoms in total. The Morgan fingerprint density at radius 3 is 2.50 bits per heavy atom. The van der Waals surface area contributed by atoms with Crippen molar-refractivity contribution in [2.24, 2.45) is 7.05 Å². The second-order valence-electron chi connectivity index (χ2n) is 1.92. The first kappa shape index (κ1) is 10.7. The highest BCUT2D eigenvalue weighted by molar-refractivity contribution is 5.92. The first-order chi connectivity index (χ1) is 5.75. The third-order valence-corrected chi connectivity index (χ3v) is 1.28. The number of carbonyl (C=O) groups is 1. The second-order valence-corrected chi connectivity index (χ2v) is 1.92. The molecule has 0 unspecified atom stereocenters. The van der Waals surface area contributed by atoms with Gasteiger partial charge in [-0.2, -0.15) is 5.10 Å². The number of hydrogen-bond acceptors (Lipinski definition) is 2. The summed E-state index contributed by atoms with van der Waals surface area (Å²) in [5.41, 5.74) is 0.572. The number of nitrogens with one attached hydrogen (secondary N) is 1. The first-order valence-corrected chi connectivity index (χ1v) is 3.96. The van der Waals surface area contributed by atoms with Crippen molar-refractivity contribution in [3.63, 3.8) is 0 Å². The summed E-state index contributed by atoms with van der Waals surface area (Å²) in [5.74, 6) is -0.111. The van der Waals surface area contributed by atoms with Gasteiger partial charge in [0.05, 0.1) is 0 Å². The Morgan fingerprint density at radius 2 is 2.17 bits per heavy atom. The number of hydrogen-bond donors (Lipinski definition) is 1. The van der Waals surface area contributed by atoms with Crippen molar-refractivity contribution in [3.05, 3.63) is 18.0 Å². The van der Waals surface area contributed by atoms with Gasteiger partial charge >= 0.3 is 0 Å². The summed E-state index contributed by atoms with van der Waals surface area (Å²) >= 11 is 0. The van der Waals surface area contributed by atoms with E-state index in [1.165, 1.54) is 4.68 Å². The fourth-order valence-electron chi connectivity index (χ4n) is 0.725. The van der Waals surface area contributed by atoms with Crippen LogP contribution in [0.2, 0.25) is 0 Å². The predicted octanol–water partition coefficient (Wildman–Crippen LogP) is 0.806. The monoisotopic (exact) mass is 169 g/mol. The van der Waals surface area contributed by atoms with Gasteiger partial charge in [0.1, 0.15) is 5.69 Å². The molecule has 0 aliphatic carbocycles. The molecular formula is C8H15N3O. The van der Waals surface area contributed by atoms with Crippen molar-refractivity contribution in [3.8, 4) is 0 Å². The maximum Gasteiger partial charge on any atom is 0.269 e. The fraction of sp³-hybridized carbons (Fsp3) is 0.500. The minimum atomic E-state index is -0.111. The average Bonchev–Trinajstić information content (AvgIpc) is 2.54. The maximum absolute atomic E-state index is 10.9. The normalized spacial score (nSPS) is 8.33. The number of nitrogens with zero attached hydrogens (tertiary/aromatic N) is 2. The van der Waals surface area contributed by atoms with Crippen LogP contribution < -0.4 is 5.32 Å². The van der Waals surface area contributed by atoms with Gasteiger partial charge in [0.25, 0.3) is 5.91 Å². The molecule has 68 valence electrons. The molecule has 1 heterocycles. The van der Waals surface area contributed by atoms with Gasteiger partial charge in [-0.3, -0.25) is 9.48 Å². The lowest BCUT2D eigenvalue weighted by atomic mass is 10.4. The van der Waals surface area contributed by atoms with Crippen LogP contribution in [0.25, 0.3) is 0 Å². The van der Waals surface area contributed by atoms with Crippen molar-refractivity contribution >= 4 is 5.91 Å². The quantitative estimate of drug-likeness (QED) is 0.676. The Morgan fingerprint density at radius 1 is 1.58 bits per heavy atom. The highest BCUT2D eigenvalue weighted by Crippen LogP contribution is 1.93. The topological polar surface area (TPSA) is 46.9 Å². The summed E-state index contributed by atoms with van der Waals surface area (Å²) in [6, 6.07) is 1.67. The average molecular weight is 169 g/mol. The molecule has 0 bridgehead atoms. The molecule has 1 aromatic heterocycles. The van der Waals surface area contributed by atoms with Gasteiger partial charge in [-0.15, -0.1) is 0 Å². The van der Waals surface area contributed by atoms with Crippen LogP contribution in [0.15, 0.2) is 12.3 Å². The molecule has 1 amide bonds. The van der Waals surface area contributed by atoms with Gasteiger partial charge in [0, 0.05) is 20.3 Å². The highest BCUT2D eigenvalue weighted by Gasteiger charge is 2.05. The Labute approximate surface area is 72.6 Å². The van der Waals surface area contributed by atoms with Crippen molar-refractivity contribution < 1.29 is 4.79 Å². The van der Waals surface area contributed by atoms with Crippen LogP contribution in [-0.2, 0) is 7.05 Å². The van der Waals surface area contributed by atoms with Gasteiger partial charge in [-0.1, -0.05) is 13.8 Å². The molecule has 1 rings (SSSR count). The van der Waals surface area contributed by atoms with E-state index < -0.39 is 0 Å². The first-order valence-electron chi connectivity index (χ1n) is 3.96. The van der Waals surface area contributed by atoms with E-state index in [1.807, 2.05) is 13.8 Å². The lowest BCUT2D eigenvalue weighted by Gasteiger charge is -1.97. The fourth-order valence-corrected chi connectivity index (χ4v) is 0.725. The van der Waals surface area contributed by atoms with Crippen LogP contribution in [0.1, 0.15) is 24.3 Å². The third kappa shape index (κ3) is 2.38. The summed E-state index contributed by atoms with van der Waals surface area (Å²) in [4.78, 5) is 10.9. The zero-order valence-electron chi connectivity index (χ0n) is 7.96. The third-order valence-electron chi connectivity index (χ3n) is 1.28. The van der Waals surface area contributed by atoms with E-state index in [2.05, 4.69) is 10.4 Å². The van der Waals surface area contributed by atoms with Crippen molar-refractivity contribution in [1.82, 2.24) is 15.1 Å². The number of rotatable bonds is 1. The molecule has 0 saturated heterocycles. The molecular weight excluding hydrogens is 154 g/mol. The summed E-state index contributed by atoms with van der Waals surface area (Å²) in [6.45, 7) is 4.00. The molecule has 4 heteroatoms. The number of aryl methyl sites for hydroxylation is 1. The molecule has 0 atom stereocenters. The molecule has 1 aromatic rings. The van der Waals surface area contributed by atoms with E-state index in [-0.39, 0.29) is 5.91 Å². The molecule has 0 aliphatic rings. The number of aromatic nitrogens is 2. The van der Waals surface area contributed by atoms with Gasteiger partial charge < -0.3 is 5.32 Å². The zero-order valence-corrected chi connectivity index (χ0v) is 7.96. The summed E-state index contributed by atoms with van der Waals surface area (Å²) in [7, 11) is 3.32. The molecule has 0 aliphatic heterocycles. The van der Waals surface area contributed by atoms with Crippen LogP contribution in [0.5, 0.6) is 0 Å². The molecule has 12 heavy (non-hydrogen) atoms. The molecule has 0 radical (unpaired) electrons. The van der Waals surface area contributed by atoms with Crippen LogP contribution in [0, 0.1) is 0 Å². The van der Waals surface area contributed by atoms with Gasteiger partial charge in [0.2, 0.25) is 0 Å². The molecule has 0 aromatic carbocycles. The molecule has 0 fully saturated rings. The van der Waals surface area contributed by atoms with Crippen molar-refractivity contribution in [1.29, 1.82) is 0 Å². The number of amides is 1. The molecule has 1 N–H and O–H groups in total. The minimum absolute atomic E-state index is 0.111. The molecule has 0 saturated carbocycles. The van der Waals surface area contributed by atoms with Gasteiger partial charge in [-0.25, -0.2) is 0 Å². The van der Waals surface area contributed by atoms with Crippen LogP contribution in [0.3, 0.4) is 0 Å². The summed E-state index contributed by atoms with van der Waals surface area (Å²) in [5, 5.41) is 6.35. The smallest absolute Gasteiger partial charge is 0.269 e. The second kappa shape index (κ2) is 5.35. The van der Waals surface area contributed by atoms with Crippen molar-refractivity contribution in [2.45, 2.75) is 13.8 Å². The lowest BCUT2D eigenvalue weighted by Crippen LogP contribution is -2.20. The van der Waals surface area contributed by atoms with E-state index in [9.17, 15) is 4.79 Å². The SMILES string of the molecule is CC.CNC(=O)c1ccnn1C. The van der Waals surface area contributed by atoms with E-state index in [4.69, 9.17) is 0 Å². The highest BCUT2D eigenvalue weighted by atomic mass is 16.1. The van der Waals surface area contributed by atoms with Crippen molar-refractivity contribution in [2.75, 3.05) is 7.05 Å². The zero-order chi connectivity index (χ0) is 9.56. The molecule has 0 spiro atoms. The Bertz CT molecular complexity index is 242. The van der Waals surface area contributed by atoms with E-state index in [1.54, 1.807) is 26.4 Å². The van der Waals surface area contributed by atoms with Crippen LogP contribution in [0.4, 0.5) is 0 Å². The maximum atomic E-state index is 10.9. The van der Waals surface area contributed by atoms with E-state index >= 15 is 0 Å². The standard InChI is InChI=1S/C6H9N3O.C2H6/c1-7-6(10)5-3-4-8-9(5)2;1-2/h3-4H,1-2H3,(H,7,10);1-2H3. The Kier molecular flexibility index (Phi) is 4.76. The van der Waals surface area contributed by atoms with Gasteiger partial charge in [0.15, 0.2) is 0 Å².